The maximum atomic E-state index is 11.9. The number of para-hydroxylation sites is 1. The highest BCUT2D eigenvalue weighted by atomic mass is 32.1. The minimum absolute atomic E-state index is 0.0330. The van der Waals surface area contributed by atoms with Gasteiger partial charge in [0.1, 0.15) is 24.4 Å². The minimum Gasteiger partial charge on any atom is -0.486 e. The standard InChI is InChI=1S/C15H20.C14H19NO.C14H20O2.C14H18O.C13H18O2.C12H24O.2C11H12N2O.C9H10N2OS/c1-9(2)15-11(4)10(3)13-7-6-8-14(13)12(15)5;1-7(2)13-9(4)8(3)11-6-12(16)15-14(11)10(13)5;1-8(2)12-10(4)9(3)11(5)13-14(12)16-7-6-15-13;1-8(2)13-10(4)9(3)12-6-7-15-14(12)11(13)5;1-7(2)11-8(3)9(4)12-13(10(11)5)15-6-14-12;1-7(2)12-8(3)10(5)13-11(6)9(12)4;1-8(2)9-7-12-10-5-3-4-6-13(10)11(9)14;1-8(2)13-7-12-10-6-4-3-5-9(10)11(13)14;1-6(2)7-5-10-9-11(8(7)12)3-4-13-9/h6,8-9H,7H2,1-5H3;7H,6H2,1-5H3,(H,15,16);8H,6-7H2,1-5H3;6-8H,1-5H3;7H,6H2,1-5H3;7-12H,1-6H3;2*3-8H,1-2H3;3-6H,1-2H3. The Morgan fingerprint density at radius 1 is 0.435 bits per heavy atom. The van der Waals surface area contributed by atoms with Crippen molar-refractivity contribution in [3.05, 3.63) is 268 Å². The quantitative estimate of drug-likeness (QED) is 0.144. The fourth-order valence-electron chi connectivity index (χ4n) is 20.3. The van der Waals surface area contributed by atoms with E-state index in [0.717, 1.165) is 74.1 Å². The Bertz CT molecular complexity index is 6170. The molecule has 1 fully saturated rings. The molecule has 1 N–H and O–H groups in total. The molecule has 1 saturated heterocycles. The molecule has 6 aromatic heterocycles. The number of furan rings is 1. The SMILES string of the molecule is CC(C)C1C(C)C(C)OC(C)C1C.CC(C)c1cnc2ccccn2c1=O.CC(C)c1cnc2sccn2c1=O.CC(C)n1cnc2ccccc2c1=O.Cc1c(C(C)C)c(C)c2occc2c1C.Cc1c(C)c(C(C)C)c(C)c2c1CC(=O)N2.Cc1c(C)c(C(C)C)c(C)c2c1CC=C2.Cc1c(C)c(C(C)C)c(C)c2c1OCO2.Cc1c(C)c2c(c(C(C)C)c1C)OCCO2. The predicted octanol–water partition coefficient (Wildman–Crippen LogP) is 28.0. The minimum atomic E-state index is 0.0330. The van der Waals surface area contributed by atoms with Crippen LogP contribution in [-0.2, 0) is 22.4 Å². The number of fused-ring (bicyclic) bond motifs is 8. The Labute approximate surface area is 786 Å². The summed E-state index contributed by atoms with van der Waals surface area (Å²) in [5.41, 5.74) is 36.7. The van der Waals surface area contributed by atoms with E-state index in [2.05, 4.69) is 253 Å². The van der Waals surface area contributed by atoms with Gasteiger partial charge in [0.25, 0.3) is 16.7 Å². The van der Waals surface area contributed by atoms with Crippen LogP contribution in [0.2, 0.25) is 0 Å². The summed E-state index contributed by atoms with van der Waals surface area (Å²) in [7, 11) is 0. The van der Waals surface area contributed by atoms with E-state index in [0.29, 0.717) is 91.1 Å². The molecule has 1 amide bonds. The molecule has 17 rings (SSSR count). The van der Waals surface area contributed by atoms with Crippen molar-refractivity contribution in [2.45, 2.75) is 329 Å². The monoisotopic (exact) mass is 1800 g/mol. The van der Waals surface area contributed by atoms with Crippen LogP contribution in [-0.4, -0.2) is 66.4 Å². The lowest BCUT2D eigenvalue weighted by Gasteiger charge is -2.45. The van der Waals surface area contributed by atoms with E-state index < -0.39 is 0 Å². The van der Waals surface area contributed by atoms with Crippen LogP contribution < -0.4 is 40.9 Å². The number of allylic oxidation sites excluding steroid dienone is 1. The van der Waals surface area contributed by atoms with Gasteiger partial charge in [0.05, 0.1) is 42.1 Å². The average Bonchev–Trinajstić information content (AvgIpc) is 1.64. The number of aromatic nitrogens is 6. The van der Waals surface area contributed by atoms with Crippen LogP contribution in [0.3, 0.4) is 0 Å². The third kappa shape index (κ3) is 22.7. The molecular weight excluding hydrogens is 1650 g/mol. The molecule has 1 aliphatic carbocycles. The molecule has 0 spiro atoms. The van der Waals surface area contributed by atoms with Crippen LogP contribution in [0.1, 0.15) is 339 Å². The summed E-state index contributed by atoms with van der Waals surface area (Å²) in [6.45, 7) is 82.3. The van der Waals surface area contributed by atoms with Crippen LogP contribution in [0.25, 0.3) is 38.6 Å². The van der Waals surface area contributed by atoms with Gasteiger partial charge in [-0.3, -0.25) is 32.5 Å². The smallest absolute Gasteiger partial charge is 0.261 e. The number of pyridine rings is 1. The van der Waals surface area contributed by atoms with Crippen molar-refractivity contribution in [3.63, 3.8) is 0 Å². The first-order chi connectivity index (χ1) is 61.6. The van der Waals surface area contributed by atoms with E-state index in [1.54, 1.807) is 61.9 Å². The van der Waals surface area contributed by atoms with Gasteiger partial charge < -0.3 is 33.4 Å². The van der Waals surface area contributed by atoms with Crippen molar-refractivity contribution in [1.82, 2.24) is 28.3 Å². The normalized spacial score (nSPS) is 16.1. The van der Waals surface area contributed by atoms with Crippen LogP contribution in [0.4, 0.5) is 5.69 Å². The zero-order chi connectivity index (χ0) is 97.2. The van der Waals surface area contributed by atoms with Crippen molar-refractivity contribution in [2.75, 3.05) is 25.3 Å². The van der Waals surface area contributed by atoms with Gasteiger partial charge >= 0.3 is 0 Å². The van der Waals surface area contributed by atoms with Crippen LogP contribution in [0.15, 0.2) is 116 Å². The maximum absolute atomic E-state index is 11.9. The third-order valence-corrected chi connectivity index (χ3v) is 28.7. The Morgan fingerprint density at radius 3 is 1.50 bits per heavy atom. The third-order valence-electron chi connectivity index (χ3n) is 27.9. The molecule has 17 nitrogen and oxygen atoms in total. The maximum Gasteiger partial charge on any atom is 0.261 e. The second kappa shape index (κ2) is 44.9. The van der Waals surface area contributed by atoms with Crippen molar-refractivity contribution in [1.29, 1.82) is 0 Å². The summed E-state index contributed by atoms with van der Waals surface area (Å²) in [6.07, 6.45) is 17.4. The first-order valence-corrected chi connectivity index (χ1v) is 48.5. The lowest BCUT2D eigenvalue weighted by atomic mass is 9.70. The number of carbonyl (C=O) groups is 1. The summed E-state index contributed by atoms with van der Waals surface area (Å²) in [4.78, 5) is 60.4. The van der Waals surface area contributed by atoms with E-state index in [9.17, 15) is 19.2 Å². The van der Waals surface area contributed by atoms with E-state index in [1.807, 2.05) is 89.4 Å². The lowest BCUT2D eigenvalue weighted by molar-refractivity contribution is -0.131. The average molecular weight is 1800 g/mol. The van der Waals surface area contributed by atoms with Crippen molar-refractivity contribution in [3.8, 4) is 23.0 Å². The molecule has 0 saturated carbocycles. The number of anilines is 1. The Hall–Kier alpha value is -10.4. The molecule has 706 valence electrons. The van der Waals surface area contributed by atoms with Gasteiger partial charge in [-0.25, -0.2) is 15.0 Å². The van der Waals surface area contributed by atoms with Gasteiger partial charge in [-0.1, -0.05) is 155 Å². The molecule has 131 heavy (non-hydrogen) atoms. The molecule has 6 aromatic carbocycles. The molecule has 0 bridgehead atoms. The summed E-state index contributed by atoms with van der Waals surface area (Å²) in [5.74, 6) is 10.1. The van der Waals surface area contributed by atoms with Gasteiger partial charge in [0.15, 0.2) is 28.0 Å². The fraction of sp³-hybridized carbons (Fsp3) is 0.496. The number of hydrogen-bond donors (Lipinski definition) is 1. The molecule has 0 radical (unpaired) electrons. The molecule has 4 unspecified atom stereocenters. The number of amides is 1. The van der Waals surface area contributed by atoms with Crippen LogP contribution in [0, 0.1) is 128 Å². The van der Waals surface area contributed by atoms with Crippen molar-refractivity contribution in [2.24, 2.45) is 23.7 Å². The second-order valence-corrected chi connectivity index (χ2v) is 40.2. The van der Waals surface area contributed by atoms with Gasteiger partial charge in [-0.05, 0) is 356 Å². The Morgan fingerprint density at radius 2 is 0.924 bits per heavy atom. The summed E-state index contributed by atoms with van der Waals surface area (Å²) in [5, 5.41) is 6.80. The first-order valence-electron chi connectivity index (χ1n) is 47.6. The van der Waals surface area contributed by atoms with E-state index in [1.165, 1.54) is 134 Å². The summed E-state index contributed by atoms with van der Waals surface area (Å²) >= 11 is 1.47. The van der Waals surface area contributed by atoms with E-state index in [-0.39, 0.29) is 40.5 Å². The highest BCUT2D eigenvalue weighted by Gasteiger charge is 2.39. The fourth-order valence-corrected chi connectivity index (χ4v) is 21.0. The molecule has 10 heterocycles. The molecule has 18 heteroatoms. The topological polar surface area (TPSA) is 192 Å². The van der Waals surface area contributed by atoms with E-state index >= 15 is 0 Å². The number of ether oxygens (including phenoxy) is 5. The molecule has 4 atom stereocenters. The van der Waals surface area contributed by atoms with Crippen molar-refractivity contribution >= 4 is 61.5 Å². The van der Waals surface area contributed by atoms with Crippen molar-refractivity contribution < 1.29 is 32.9 Å². The number of hydrogen-bond acceptors (Lipinski definition) is 14. The summed E-state index contributed by atoms with van der Waals surface area (Å²) in [6, 6.07) is 15.1. The first kappa shape index (κ1) is 104. The number of rotatable bonds is 9. The summed E-state index contributed by atoms with van der Waals surface area (Å²) < 4.78 is 38.9. The molecule has 4 aliphatic heterocycles. The largest absolute Gasteiger partial charge is 0.486 e. The van der Waals surface area contributed by atoms with Crippen LogP contribution >= 0.6 is 11.3 Å². The zero-order valence-corrected chi connectivity index (χ0v) is 86.9. The lowest BCUT2D eigenvalue weighted by Crippen LogP contribution is -2.45. The number of carbonyl (C=O) groups excluding carboxylic acids is 1. The Kier molecular flexibility index (Phi) is 35.7. The van der Waals surface area contributed by atoms with Gasteiger partial charge in [-0.15, -0.1) is 11.3 Å². The zero-order valence-electron chi connectivity index (χ0n) is 86.1. The molecule has 12 aromatic rings. The molecule has 5 aliphatic rings. The van der Waals surface area contributed by atoms with Crippen LogP contribution in [0.5, 0.6) is 23.0 Å². The van der Waals surface area contributed by atoms with Gasteiger partial charge in [0.2, 0.25) is 12.7 Å². The number of aryl methyl sites for hydroxylation is 2. The van der Waals surface area contributed by atoms with Gasteiger partial charge in [0, 0.05) is 64.0 Å². The predicted molar refractivity (Wildman–Crippen MR) is 548 cm³/mol. The molecular formula is C113H153N7O10S. The number of nitrogens with one attached hydrogen (secondary N) is 1. The number of thiazole rings is 1. The number of benzene rings is 6. The Balaban J connectivity index is 0.000000166. The van der Waals surface area contributed by atoms with E-state index in [4.69, 9.17) is 28.1 Å². The highest BCUT2D eigenvalue weighted by molar-refractivity contribution is 7.15. The second-order valence-electron chi connectivity index (χ2n) is 39.4. The number of nitrogens with zero attached hydrogens (tertiary/aromatic N) is 6. The van der Waals surface area contributed by atoms with Gasteiger partial charge in [-0.2, -0.15) is 0 Å². The highest BCUT2D eigenvalue weighted by Crippen LogP contribution is 2.47.